The van der Waals surface area contributed by atoms with Gasteiger partial charge in [-0.3, -0.25) is 14.0 Å². The smallest absolute Gasteiger partial charge is 0.274 e. The Morgan fingerprint density at radius 2 is 1.70 bits per heavy atom. The fourth-order valence-corrected chi connectivity index (χ4v) is 4.74. The predicted molar refractivity (Wildman–Crippen MR) is 129 cm³/mol. The summed E-state index contributed by atoms with van der Waals surface area (Å²) in [6.07, 6.45) is 3.15. The SMILES string of the molecule is O=c1c(/C=c2\sc3nc4ccccc4n3c2=O)c(Oc2ccc(Cl)cc2)nc2ccccn12. The van der Waals surface area contributed by atoms with Crippen molar-refractivity contribution in [3.63, 3.8) is 0 Å². The van der Waals surface area contributed by atoms with E-state index in [0.29, 0.717) is 25.9 Å². The van der Waals surface area contributed by atoms with Gasteiger partial charge in [0.1, 0.15) is 17.0 Å². The average Bonchev–Trinajstić information content (AvgIpc) is 3.34. The standard InChI is InChI=1S/C24H13ClN4O3S/c25-14-8-10-15(11-9-14)32-21-16(22(30)28-12-4-3-7-20(28)27-21)13-19-23(31)29-18-6-2-1-5-17(18)26-24(29)33-19/h1-13H/b19-13-. The average molecular weight is 473 g/mol. The Morgan fingerprint density at radius 3 is 2.55 bits per heavy atom. The molecule has 0 bridgehead atoms. The summed E-state index contributed by atoms with van der Waals surface area (Å²) in [4.78, 5) is 36.2. The summed E-state index contributed by atoms with van der Waals surface area (Å²) in [5.41, 5.74) is 1.46. The van der Waals surface area contributed by atoms with E-state index >= 15 is 0 Å². The molecule has 0 radical (unpaired) electrons. The van der Waals surface area contributed by atoms with Crippen LogP contribution < -0.4 is 20.4 Å². The minimum atomic E-state index is -0.347. The summed E-state index contributed by atoms with van der Waals surface area (Å²) < 4.78 is 9.29. The third-order valence-corrected chi connectivity index (χ3v) is 6.40. The molecule has 4 aromatic heterocycles. The number of hydrogen-bond acceptors (Lipinski definition) is 6. The fourth-order valence-electron chi connectivity index (χ4n) is 3.64. The Morgan fingerprint density at radius 1 is 0.909 bits per heavy atom. The molecule has 0 aliphatic rings. The summed E-state index contributed by atoms with van der Waals surface area (Å²) in [7, 11) is 0. The highest BCUT2D eigenvalue weighted by atomic mass is 35.5. The van der Waals surface area contributed by atoms with Crippen molar-refractivity contribution in [1.29, 1.82) is 0 Å². The number of nitrogens with zero attached hydrogens (tertiary/aromatic N) is 4. The molecular weight excluding hydrogens is 460 g/mol. The Labute approximate surface area is 194 Å². The number of pyridine rings is 1. The first kappa shape index (κ1) is 19.7. The molecule has 0 N–H and O–H groups in total. The van der Waals surface area contributed by atoms with E-state index in [1.54, 1.807) is 53.1 Å². The van der Waals surface area contributed by atoms with Gasteiger partial charge in [-0.2, -0.15) is 4.98 Å². The number of hydrogen-bond donors (Lipinski definition) is 0. The molecule has 2 aromatic carbocycles. The first-order chi connectivity index (χ1) is 16.1. The number of benzene rings is 2. The van der Waals surface area contributed by atoms with Crippen molar-refractivity contribution in [3.05, 3.63) is 109 Å². The molecule has 4 heterocycles. The van der Waals surface area contributed by atoms with Crippen LogP contribution in [0.1, 0.15) is 5.56 Å². The van der Waals surface area contributed by atoms with Gasteiger partial charge < -0.3 is 4.74 Å². The van der Waals surface area contributed by atoms with E-state index in [4.69, 9.17) is 16.3 Å². The largest absolute Gasteiger partial charge is 0.438 e. The lowest BCUT2D eigenvalue weighted by Crippen LogP contribution is -2.25. The van der Waals surface area contributed by atoms with E-state index in [1.807, 2.05) is 24.3 Å². The van der Waals surface area contributed by atoms with Gasteiger partial charge in [0.2, 0.25) is 5.88 Å². The second kappa shape index (κ2) is 7.54. The van der Waals surface area contributed by atoms with Crippen molar-refractivity contribution in [3.8, 4) is 11.6 Å². The van der Waals surface area contributed by atoms with Gasteiger partial charge in [0.05, 0.1) is 15.6 Å². The van der Waals surface area contributed by atoms with Gasteiger partial charge in [0.15, 0.2) is 4.96 Å². The maximum Gasteiger partial charge on any atom is 0.274 e. The molecule has 0 fully saturated rings. The van der Waals surface area contributed by atoms with Crippen molar-refractivity contribution in [2.45, 2.75) is 0 Å². The van der Waals surface area contributed by atoms with Crippen LogP contribution in [0.25, 0.3) is 27.7 Å². The van der Waals surface area contributed by atoms with Crippen LogP contribution in [-0.4, -0.2) is 18.8 Å². The van der Waals surface area contributed by atoms with Crippen LogP contribution in [0.15, 0.2) is 82.5 Å². The lowest BCUT2D eigenvalue weighted by atomic mass is 10.2. The quantitative estimate of drug-likeness (QED) is 0.390. The van der Waals surface area contributed by atoms with Crippen molar-refractivity contribution in [2.75, 3.05) is 0 Å². The summed E-state index contributed by atoms with van der Waals surface area (Å²) in [6, 6.07) is 19.4. The van der Waals surface area contributed by atoms with Crippen LogP contribution >= 0.6 is 22.9 Å². The van der Waals surface area contributed by atoms with Crippen LogP contribution in [0.3, 0.4) is 0 Å². The van der Waals surface area contributed by atoms with E-state index in [0.717, 1.165) is 11.0 Å². The van der Waals surface area contributed by atoms with Gasteiger partial charge in [-0.05, 0) is 54.6 Å². The molecule has 160 valence electrons. The van der Waals surface area contributed by atoms with Crippen LogP contribution in [0, 0.1) is 0 Å². The van der Waals surface area contributed by atoms with Gasteiger partial charge in [-0.1, -0.05) is 41.1 Å². The highest BCUT2D eigenvalue weighted by Gasteiger charge is 2.16. The first-order valence-corrected chi connectivity index (χ1v) is 11.1. The van der Waals surface area contributed by atoms with Crippen molar-refractivity contribution < 1.29 is 4.74 Å². The number of ether oxygens (including phenoxy) is 1. The maximum atomic E-state index is 13.3. The zero-order valence-electron chi connectivity index (χ0n) is 16.8. The van der Waals surface area contributed by atoms with Crippen molar-refractivity contribution in [2.24, 2.45) is 0 Å². The molecule has 0 saturated carbocycles. The molecule has 0 amide bonds. The Balaban J connectivity index is 1.61. The number of fused-ring (bicyclic) bond motifs is 4. The molecule has 0 atom stereocenters. The third-order valence-electron chi connectivity index (χ3n) is 5.18. The molecule has 0 aliphatic carbocycles. The number of halogens is 1. The minimum absolute atomic E-state index is 0.101. The molecule has 33 heavy (non-hydrogen) atoms. The third kappa shape index (κ3) is 3.27. The van der Waals surface area contributed by atoms with Crippen LogP contribution in [0.5, 0.6) is 11.6 Å². The van der Waals surface area contributed by atoms with E-state index in [2.05, 4.69) is 9.97 Å². The second-order valence-corrected chi connectivity index (χ2v) is 8.70. The van der Waals surface area contributed by atoms with E-state index in [-0.39, 0.29) is 22.6 Å². The Kier molecular flexibility index (Phi) is 4.49. The summed E-state index contributed by atoms with van der Waals surface area (Å²) in [5, 5.41) is 0.561. The highest BCUT2D eigenvalue weighted by molar-refractivity contribution is 7.15. The topological polar surface area (TPSA) is 78.0 Å². The second-order valence-electron chi connectivity index (χ2n) is 7.25. The summed E-state index contributed by atoms with van der Waals surface area (Å²) >= 11 is 7.18. The predicted octanol–water partition coefficient (Wildman–Crippen LogP) is 3.91. The number of aromatic nitrogens is 4. The zero-order valence-corrected chi connectivity index (χ0v) is 18.4. The summed E-state index contributed by atoms with van der Waals surface area (Å²) in [5.74, 6) is 0.569. The highest BCUT2D eigenvalue weighted by Crippen LogP contribution is 2.24. The van der Waals surface area contributed by atoms with E-state index in [9.17, 15) is 9.59 Å². The molecule has 6 aromatic rings. The normalized spacial score (nSPS) is 12.2. The number of thiazole rings is 1. The van der Waals surface area contributed by atoms with Crippen LogP contribution in [-0.2, 0) is 0 Å². The monoisotopic (exact) mass is 472 g/mol. The fraction of sp³-hybridized carbons (Fsp3) is 0. The van der Waals surface area contributed by atoms with Gasteiger partial charge >= 0.3 is 0 Å². The van der Waals surface area contributed by atoms with E-state index in [1.165, 1.54) is 21.8 Å². The lowest BCUT2D eigenvalue weighted by Gasteiger charge is -2.09. The minimum Gasteiger partial charge on any atom is -0.438 e. The lowest BCUT2D eigenvalue weighted by molar-refractivity contribution is 0.461. The van der Waals surface area contributed by atoms with Crippen molar-refractivity contribution >= 4 is 50.7 Å². The molecule has 0 unspecified atom stereocenters. The van der Waals surface area contributed by atoms with E-state index < -0.39 is 0 Å². The van der Waals surface area contributed by atoms with Crippen LogP contribution in [0.2, 0.25) is 5.02 Å². The molecule has 0 saturated heterocycles. The van der Waals surface area contributed by atoms with Gasteiger partial charge in [-0.15, -0.1) is 0 Å². The maximum absolute atomic E-state index is 13.3. The van der Waals surface area contributed by atoms with Gasteiger partial charge in [0.25, 0.3) is 11.1 Å². The number of imidazole rings is 1. The molecular formula is C24H13ClN4O3S. The van der Waals surface area contributed by atoms with Crippen molar-refractivity contribution in [1.82, 2.24) is 18.8 Å². The van der Waals surface area contributed by atoms with Gasteiger partial charge in [-0.25, -0.2) is 9.38 Å². The van der Waals surface area contributed by atoms with Crippen LogP contribution in [0.4, 0.5) is 0 Å². The molecule has 9 heteroatoms. The molecule has 6 rings (SSSR count). The van der Waals surface area contributed by atoms with Gasteiger partial charge in [0, 0.05) is 11.2 Å². The summed E-state index contributed by atoms with van der Waals surface area (Å²) in [6.45, 7) is 0. The number of para-hydroxylation sites is 2. The number of rotatable bonds is 3. The first-order valence-electron chi connectivity index (χ1n) is 9.95. The zero-order chi connectivity index (χ0) is 22.5. The molecule has 0 aliphatic heterocycles. The molecule has 7 nitrogen and oxygen atoms in total. The Hall–Kier alpha value is -4.01. The molecule has 0 spiro atoms. The Bertz CT molecular complexity index is 1860.